The summed E-state index contributed by atoms with van der Waals surface area (Å²) in [6, 6.07) is 13.7. The first-order valence-electron chi connectivity index (χ1n) is 9.48. The lowest BCUT2D eigenvalue weighted by Gasteiger charge is -2.33. The van der Waals surface area contributed by atoms with Crippen molar-refractivity contribution in [1.82, 2.24) is 10.2 Å². The van der Waals surface area contributed by atoms with Crippen LogP contribution in [0.1, 0.15) is 28.4 Å². The summed E-state index contributed by atoms with van der Waals surface area (Å²) in [5, 5.41) is 6.30. The van der Waals surface area contributed by atoms with E-state index < -0.39 is 0 Å². The van der Waals surface area contributed by atoms with E-state index in [0.717, 1.165) is 31.7 Å². The standard InChI is InChI=1S/C21H28N6O/c1-14-3-8-18(11-19(14)26-21(22)23)25-20(28)17-6-4-16(5-7-17)13-27-10-9-24-12-15(27)2/h3-8,11,15,24H,9-10,12-13H2,1-2H3,(H,25,28)(H4,22,23,26)/t15-/m1/s1. The van der Waals surface area contributed by atoms with Crippen molar-refractivity contribution < 1.29 is 4.79 Å². The Kier molecular flexibility index (Phi) is 6.28. The van der Waals surface area contributed by atoms with Gasteiger partial charge in [0.15, 0.2) is 5.96 Å². The van der Waals surface area contributed by atoms with Crippen LogP contribution in [0.15, 0.2) is 47.5 Å². The van der Waals surface area contributed by atoms with Crippen molar-refractivity contribution in [1.29, 1.82) is 0 Å². The van der Waals surface area contributed by atoms with Crippen molar-refractivity contribution in [3.8, 4) is 0 Å². The molecule has 1 atom stereocenters. The molecule has 1 amide bonds. The van der Waals surface area contributed by atoms with E-state index in [2.05, 4.69) is 27.4 Å². The van der Waals surface area contributed by atoms with E-state index in [4.69, 9.17) is 11.5 Å². The van der Waals surface area contributed by atoms with E-state index in [1.165, 1.54) is 5.56 Å². The van der Waals surface area contributed by atoms with Crippen molar-refractivity contribution >= 4 is 23.2 Å². The molecular formula is C21H28N6O. The molecule has 1 aliphatic heterocycles. The van der Waals surface area contributed by atoms with Gasteiger partial charge in [-0.2, -0.15) is 0 Å². The quantitative estimate of drug-likeness (QED) is 0.468. The fourth-order valence-corrected chi connectivity index (χ4v) is 3.26. The summed E-state index contributed by atoms with van der Waals surface area (Å²) in [6.45, 7) is 8.10. The Balaban J connectivity index is 1.65. The average molecular weight is 380 g/mol. The third kappa shape index (κ3) is 5.09. The van der Waals surface area contributed by atoms with Gasteiger partial charge in [-0.05, 0) is 49.2 Å². The summed E-state index contributed by atoms with van der Waals surface area (Å²) in [5.41, 5.74) is 14.9. The number of aliphatic imine (C=N–C) groups is 1. The van der Waals surface area contributed by atoms with Crippen LogP contribution in [0.3, 0.4) is 0 Å². The topological polar surface area (TPSA) is 109 Å². The number of carbonyl (C=O) groups is 1. The number of nitrogens with two attached hydrogens (primary N) is 2. The highest BCUT2D eigenvalue weighted by atomic mass is 16.1. The molecule has 2 aromatic carbocycles. The van der Waals surface area contributed by atoms with E-state index in [0.29, 0.717) is 23.0 Å². The van der Waals surface area contributed by atoms with Crippen LogP contribution < -0.4 is 22.1 Å². The number of hydrogen-bond donors (Lipinski definition) is 4. The Morgan fingerprint density at radius 3 is 2.68 bits per heavy atom. The minimum Gasteiger partial charge on any atom is -0.370 e. The molecule has 148 valence electrons. The second kappa shape index (κ2) is 8.86. The van der Waals surface area contributed by atoms with Crippen molar-refractivity contribution in [2.45, 2.75) is 26.4 Å². The number of hydrogen-bond acceptors (Lipinski definition) is 4. The number of piperazine rings is 1. The van der Waals surface area contributed by atoms with Gasteiger partial charge in [0.05, 0.1) is 5.69 Å². The maximum atomic E-state index is 12.6. The first kappa shape index (κ1) is 19.9. The van der Waals surface area contributed by atoms with E-state index >= 15 is 0 Å². The monoisotopic (exact) mass is 380 g/mol. The second-order valence-corrected chi connectivity index (χ2v) is 7.21. The van der Waals surface area contributed by atoms with Crippen molar-refractivity contribution in [3.05, 3.63) is 59.2 Å². The molecule has 1 aliphatic rings. The molecule has 0 aliphatic carbocycles. The number of benzene rings is 2. The molecule has 1 saturated heterocycles. The number of anilines is 1. The van der Waals surface area contributed by atoms with Gasteiger partial charge in [-0.25, -0.2) is 4.99 Å². The molecular weight excluding hydrogens is 352 g/mol. The van der Waals surface area contributed by atoms with Crippen LogP contribution >= 0.6 is 0 Å². The summed E-state index contributed by atoms with van der Waals surface area (Å²) < 4.78 is 0. The molecule has 1 fully saturated rings. The molecule has 0 saturated carbocycles. The van der Waals surface area contributed by atoms with Crippen molar-refractivity contribution in [2.24, 2.45) is 16.5 Å². The molecule has 0 radical (unpaired) electrons. The molecule has 3 rings (SSSR count). The molecule has 0 unspecified atom stereocenters. The van der Waals surface area contributed by atoms with Gasteiger partial charge >= 0.3 is 0 Å². The van der Waals surface area contributed by atoms with Gasteiger partial charge in [-0.1, -0.05) is 18.2 Å². The Hall–Kier alpha value is -2.90. The summed E-state index contributed by atoms with van der Waals surface area (Å²) in [4.78, 5) is 19.1. The first-order valence-corrected chi connectivity index (χ1v) is 9.48. The highest BCUT2D eigenvalue weighted by molar-refractivity contribution is 6.04. The molecule has 0 aromatic heterocycles. The Bertz CT molecular complexity index is 858. The zero-order chi connectivity index (χ0) is 20.1. The summed E-state index contributed by atoms with van der Waals surface area (Å²) in [6.07, 6.45) is 0. The number of nitrogens with one attached hydrogen (secondary N) is 2. The summed E-state index contributed by atoms with van der Waals surface area (Å²) in [5.74, 6) is -0.178. The van der Waals surface area contributed by atoms with Gasteiger partial charge in [0.2, 0.25) is 0 Å². The van der Waals surface area contributed by atoms with Crippen LogP contribution in [0.25, 0.3) is 0 Å². The first-order chi connectivity index (χ1) is 13.4. The third-order valence-electron chi connectivity index (χ3n) is 4.96. The largest absolute Gasteiger partial charge is 0.370 e. The smallest absolute Gasteiger partial charge is 0.255 e. The van der Waals surface area contributed by atoms with Crippen LogP contribution in [0.5, 0.6) is 0 Å². The van der Waals surface area contributed by atoms with E-state index in [1.54, 1.807) is 6.07 Å². The molecule has 0 bridgehead atoms. The van der Waals surface area contributed by atoms with Gasteiger partial charge in [0.1, 0.15) is 0 Å². The number of aryl methyl sites for hydroxylation is 1. The average Bonchev–Trinajstić information content (AvgIpc) is 2.66. The van der Waals surface area contributed by atoms with E-state index in [1.807, 2.05) is 43.3 Å². The molecule has 28 heavy (non-hydrogen) atoms. The zero-order valence-electron chi connectivity index (χ0n) is 16.4. The lowest BCUT2D eigenvalue weighted by Crippen LogP contribution is -2.49. The molecule has 7 nitrogen and oxygen atoms in total. The van der Waals surface area contributed by atoms with Gasteiger partial charge in [-0.3, -0.25) is 9.69 Å². The molecule has 2 aromatic rings. The lowest BCUT2D eigenvalue weighted by atomic mass is 10.1. The molecule has 6 N–H and O–H groups in total. The number of amides is 1. The van der Waals surface area contributed by atoms with Crippen LogP contribution in [0, 0.1) is 6.92 Å². The Morgan fingerprint density at radius 1 is 1.25 bits per heavy atom. The number of rotatable bonds is 5. The molecule has 7 heteroatoms. The Labute approximate surface area is 165 Å². The van der Waals surface area contributed by atoms with Crippen LogP contribution in [0.2, 0.25) is 0 Å². The van der Waals surface area contributed by atoms with Crippen LogP contribution in [0.4, 0.5) is 11.4 Å². The van der Waals surface area contributed by atoms with Crippen molar-refractivity contribution in [3.63, 3.8) is 0 Å². The van der Waals surface area contributed by atoms with E-state index in [9.17, 15) is 4.79 Å². The summed E-state index contributed by atoms with van der Waals surface area (Å²) in [7, 11) is 0. The van der Waals surface area contributed by atoms with Crippen LogP contribution in [-0.4, -0.2) is 42.4 Å². The van der Waals surface area contributed by atoms with Gasteiger partial charge in [0.25, 0.3) is 5.91 Å². The highest BCUT2D eigenvalue weighted by Crippen LogP contribution is 2.23. The third-order valence-corrected chi connectivity index (χ3v) is 4.96. The van der Waals surface area contributed by atoms with Gasteiger partial charge in [-0.15, -0.1) is 0 Å². The number of carbonyl (C=O) groups excluding carboxylic acids is 1. The van der Waals surface area contributed by atoms with Gasteiger partial charge in [0, 0.05) is 43.5 Å². The number of nitrogens with zero attached hydrogens (tertiary/aromatic N) is 2. The second-order valence-electron chi connectivity index (χ2n) is 7.21. The van der Waals surface area contributed by atoms with Crippen LogP contribution in [-0.2, 0) is 6.54 Å². The van der Waals surface area contributed by atoms with E-state index in [-0.39, 0.29) is 11.9 Å². The molecule has 1 heterocycles. The zero-order valence-corrected chi connectivity index (χ0v) is 16.4. The maximum Gasteiger partial charge on any atom is 0.255 e. The minimum atomic E-state index is -0.165. The number of guanidine groups is 1. The predicted octanol–water partition coefficient (Wildman–Crippen LogP) is 1.95. The SMILES string of the molecule is Cc1ccc(NC(=O)c2ccc(CN3CCNC[C@H]3C)cc2)cc1N=C(N)N. The maximum absolute atomic E-state index is 12.6. The lowest BCUT2D eigenvalue weighted by molar-refractivity contribution is 0.102. The Morgan fingerprint density at radius 2 is 2.00 bits per heavy atom. The van der Waals surface area contributed by atoms with Gasteiger partial charge < -0.3 is 22.1 Å². The summed E-state index contributed by atoms with van der Waals surface area (Å²) >= 11 is 0. The fraction of sp³-hybridized carbons (Fsp3) is 0.333. The normalized spacial score (nSPS) is 17.1. The molecule has 0 spiro atoms. The predicted molar refractivity (Wildman–Crippen MR) is 114 cm³/mol. The fourth-order valence-electron chi connectivity index (χ4n) is 3.26. The van der Waals surface area contributed by atoms with Crippen molar-refractivity contribution in [2.75, 3.05) is 25.0 Å². The highest BCUT2D eigenvalue weighted by Gasteiger charge is 2.17. The minimum absolute atomic E-state index is 0.0130.